The van der Waals surface area contributed by atoms with Crippen LogP contribution in [0.5, 0.6) is 5.75 Å². The topological polar surface area (TPSA) is 98.2 Å². The van der Waals surface area contributed by atoms with Gasteiger partial charge in [0, 0.05) is 5.69 Å². The summed E-state index contributed by atoms with van der Waals surface area (Å²) in [4.78, 5) is 19.7. The molecular formula is C14H14ClN3O4S. The van der Waals surface area contributed by atoms with Gasteiger partial charge in [0.25, 0.3) is 5.91 Å². The van der Waals surface area contributed by atoms with Gasteiger partial charge < -0.3 is 10.1 Å². The first kappa shape index (κ1) is 17.2. The van der Waals surface area contributed by atoms with E-state index in [4.69, 9.17) is 16.3 Å². The van der Waals surface area contributed by atoms with Crippen LogP contribution < -0.4 is 10.1 Å². The summed E-state index contributed by atoms with van der Waals surface area (Å²) in [5.41, 5.74) is 0.287. The maximum Gasteiger partial charge on any atom is 0.275 e. The average molecular weight is 356 g/mol. The molecule has 0 atom stereocenters. The molecule has 0 unspecified atom stereocenters. The fourth-order valence-electron chi connectivity index (χ4n) is 1.65. The standard InChI is InChI=1S/C14H14ClN3O4S/c1-3-23(20,21)14-16-8-11(15)12(18-14)13(19)17-9-4-6-10(22-2)7-5-9/h4-8H,3H2,1-2H3,(H,17,19). The van der Waals surface area contributed by atoms with Crippen molar-refractivity contribution < 1.29 is 17.9 Å². The minimum atomic E-state index is -3.63. The molecule has 1 aromatic heterocycles. The second-order valence-electron chi connectivity index (χ2n) is 4.44. The van der Waals surface area contributed by atoms with Crippen LogP contribution in [0.15, 0.2) is 35.6 Å². The number of carbonyl (C=O) groups is 1. The van der Waals surface area contributed by atoms with Gasteiger partial charge in [-0.15, -0.1) is 0 Å². The first-order valence-corrected chi connectivity index (χ1v) is 8.61. The number of rotatable bonds is 5. The second-order valence-corrected chi connectivity index (χ2v) is 7.01. The molecule has 0 aliphatic heterocycles. The Hall–Kier alpha value is -2.19. The third kappa shape index (κ3) is 3.96. The van der Waals surface area contributed by atoms with Crippen molar-refractivity contribution in [1.29, 1.82) is 0 Å². The third-order valence-corrected chi connectivity index (χ3v) is 4.73. The number of amides is 1. The smallest absolute Gasteiger partial charge is 0.275 e. The minimum Gasteiger partial charge on any atom is -0.497 e. The lowest BCUT2D eigenvalue weighted by atomic mass is 10.3. The van der Waals surface area contributed by atoms with Crippen molar-refractivity contribution in [3.05, 3.63) is 41.2 Å². The molecule has 0 bridgehead atoms. The molecule has 9 heteroatoms. The molecule has 0 saturated heterocycles. The molecule has 0 aliphatic carbocycles. The Kier molecular flexibility index (Phi) is 5.17. The Morgan fingerprint density at radius 2 is 1.96 bits per heavy atom. The molecular weight excluding hydrogens is 342 g/mol. The van der Waals surface area contributed by atoms with Gasteiger partial charge in [0.05, 0.1) is 24.1 Å². The zero-order chi connectivity index (χ0) is 17.0. The fraction of sp³-hybridized carbons (Fsp3) is 0.214. The number of anilines is 1. The van der Waals surface area contributed by atoms with E-state index in [1.165, 1.54) is 14.0 Å². The summed E-state index contributed by atoms with van der Waals surface area (Å²) in [5.74, 6) is -0.164. The highest BCUT2D eigenvalue weighted by molar-refractivity contribution is 7.91. The quantitative estimate of drug-likeness (QED) is 0.825. The van der Waals surface area contributed by atoms with E-state index >= 15 is 0 Å². The normalized spacial score (nSPS) is 11.1. The first-order chi connectivity index (χ1) is 10.9. The lowest BCUT2D eigenvalue weighted by Gasteiger charge is -2.08. The number of nitrogens with one attached hydrogen (secondary N) is 1. The van der Waals surface area contributed by atoms with E-state index in [0.29, 0.717) is 11.4 Å². The summed E-state index contributed by atoms with van der Waals surface area (Å²) >= 11 is 5.90. The predicted molar refractivity (Wildman–Crippen MR) is 85.7 cm³/mol. The molecule has 122 valence electrons. The lowest BCUT2D eigenvalue weighted by Crippen LogP contribution is -2.18. The maximum atomic E-state index is 12.2. The largest absolute Gasteiger partial charge is 0.497 e. The van der Waals surface area contributed by atoms with Gasteiger partial charge in [0.1, 0.15) is 5.75 Å². The number of sulfone groups is 1. The number of nitrogens with zero attached hydrogens (tertiary/aromatic N) is 2. The highest BCUT2D eigenvalue weighted by Gasteiger charge is 2.21. The van der Waals surface area contributed by atoms with Crippen LogP contribution in [-0.4, -0.2) is 37.2 Å². The molecule has 0 aliphatic rings. The SMILES string of the molecule is CCS(=O)(=O)c1ncc(Cl)c(C(=O)Nc2ccc(OC)cc2)n1. The van der Waals surface area contributed by atoms with E-state index in [0.717, 1.165) is 6.20 Å². The van der Waals surface area contributed by atoms with Crippen LogP contribution in [0.4, 0.5) is 5.69 Å². The summed E-state index contributed by atoms with van der Waals surface area (Å²) in [5, 5.41) is 2.12. The Labute approximate surface area is 138 Å². The van der Waals surface area contributed by atoms with Crippen molar-refractivity contribution >= 4 is 33.0 Å². The highest BCUT2D eigenvalue weighted by Crippen LogP contribution is 2.19. The molecule has 23 heavy (non-hydrogen) atoms. The van der Waals surface area contributed by atoms with E-state index in [1.807, 2.05) is 0 Å². The number of aromatic nitrogens is 2. The number of halogens is 1. The fourth-order valence-corrected chi connectivity index (χ4v) is 2.53. The minimum absolute atomic E-state index is 0.0361. The number of hydrogen-bond acceptors (Lipinski definition) is 6. The van der Waals surface area contributed by atoms with Crippen molar-refractivity contribution in [1.82, 2.24) is 9.97 Å². The van der Waals surface area contributed by atoms with Crippen molar-refractivity contribution in [3.63, 3.8) is 0 Å². The lowest BCUT2D eigenvalue weighted by molar-refractivity contribution is 0.102. The summed E-state index contributed by atoms with van der Waals surface area (Å²) in [7, 11) is -2.10. The molecule has 1 N–H and O–H groups in total. The number of benzene rings is 1. The molecule has 1 aromatic carbocycles. The van der Waals surface area contributed by atoms with E-state index in [1.54, 1.807) is 24.3 Å². The van der Waals surface area contributed by atoms with Crippen LogP contribution >= 0.6 is 11.6 Å². The van der Waals surface area contributed by atoms with Gasteiger partial charge in [-0.05, 0) is 24.3 Å². The molecule has 0 saturated carbocycles. The molecule has 7 nitrogen and oxygen atoms in total. The van der Waals surface area contributed by atoms with Gasteiger partial charge in [0.2, 0.25) is 15.0 Å². The molecule has 1 amide bonds. The highest BCUT2D eigenvalue weighted by atomic mass is 35.5. The molecule has 0 fully saturated rings. The summed E-state index contributed by atoms with van der Waals surface area (Å²) < 4.78 is 28.6. The molecule has 2 aromatic rings. The first-order valence-electron chi connectivity index (χ1n) is 6.58. The molecule has 0 spiro atoms. The number of methoxy groups -OCH3 is 1. The van der Waals surface area contributed by atoms with E-state index in [2.05, 4.69) is 15.3 Å². The van der Waals surface area contributed by atoms with E-state index in [9.17, 15) is 13.2 Å². The second kappa shape index (κ2) is 6.93. The van der Waals surface area contributed by atoms with Crippen LogP contribution in [0.25, 0.3) is 0 Å². The number of hydrogen-bond donors (Lipinski definition) is 1. The van der Waals surface area contributed by atoms with Crippen LogP contribution in [0.1, 0.15) is 17.4 Å². The van der Waals surface area contributed by atoms with Gasteiger partial charge in [-0.25, -0.2) is 18.4 Å². The average Bonchev–Trinajstić information content (AvgIpc) is 2.55. The van der Waals surface area contributed by atoms with Crippen molar-refractivity contribution in [3.8, 4) is 5.75 Å². The van der Waals surface area contributed by atoms with Crippen LogP contribution in [0, 0.1) is 0 Å². The summed E-state index contributed by atoms with van der Waals surface area (Å²) in [6.07, 6.45) is 1.10. The van der Waals surface area contributed by atoms with E-state index < -0.39 is 20.9 Å². The Morgan fingerprint density at radius 1 is 1.30 bits per heavy atom. The van der Waals surface area contributed by atoms with Gasteiger partial charge in [0.15, 0.2) is 5.69 Å². The molecule has 1 heterocycles. The summed E-state index contributed by atoms with van der Waals surface area (Å²) in [6, 6.07) is 6.61. The Bertz CT molecular complexity index is 822. The van der Waals surface area contributed by atoms with Crippen LogP contribution in [-0.2, 0) is 9.84 Å². The van der Waals surface area contributed by atoms with Gasteiger partial charge >= 0.3 is 0 Å². The van der Waals surface area contributed by atoms with E-state index in [-0.39, 0.29) is 16.5 Å². The Balaban J connectivity index is 2.29. The monoisotopic (exact) mass is 355 g/mol. The van der Waals surface area contributed by atoms with Gasteiger partial charge in [-0.2, -0.15) is 0 Å². The summed E-state index contributed by atoms with van der Waals surface area (Å²) in [6.45, 7) is 1.46. The predicted octanol–water partition coefficient (Wildman–Crippen LogP) is 2.18. The maximum absolute atomic E-state index is 12.2. The Morgan fingerprint density at radius 3 is 2.52 bits per heavy atom. The van der Waals surface area contributed by atoms with Crippen LogP contribution in [0.3, 0.4) is 0 Å². The number of ether oxygens (including phenoxy) is 1. The number of carbonyl (C=O) groups excluding carboxylic acids is 1. The third-order valence-electron chi connectivity index (χ3n) is 2.94. The van der Waals surface area contributed by atoms with Gasteiger partial charge in [-0.1, -0.05) is 18.5 Å². The van der Waals surface area contributed by atoms with Crippen molar-refractivity contribution in [2.24, 2.45) is 0 Å². The zero-order valence-electron chi connectivity index (χ0n) is 12.4. The zero-order valence-corrected chi connectivity index (χ0v) is 14.0. The van der Waals surface area contributed by atoms with Crippen LogP contribution in [0.2, 0.25) is 5.02 Å². The van der Waals surface area contributed by atoms with Gasteiger partial charge in [-0.3, -0.25) is 4.79 Å². The molecule has 2 rings (SSSR count). The molecule has 0 radical (unpaired) electrons. The van der Waals surface area contributed by atoms with Crippen molar-refractivity contribution in [2.75, 3.05) is 18.2 Å². The van der Waals surface area contributed by atoms with Crippen molar-refractivity contribution in [2.45, 2.75) is 12.1 Å².